The van der Waals surface area contributed by atoms with E-state index in [1.165, 1.54) is 12.1 Å². The first kappa shape index (κ1) is 12.8. The van der Waals surface area contributed by atoms with Crippen LogP contribution < -0.4 is 20.3 Å². The average Bonchev–Trinajstić information content (AvgIpc) is 2.50. The highest BCUT2D eigenvalue weighted by Crippen LogP contribution is 2.29. The van der Waals surface area contributed by atoms with Gasteiger partial charge in [-0.3, -0.25) is 0 Å². The van der Waals surface area contributed by atoms with E-state index in [4.69, 9.17) is 4.74 Å². The normalized spacial score (nSPS) is 24.2. The zero-order chi connectivity index (χ0) is 12.9. The topological polar surface area (TPSA) is 36.5 Å². The van der Waals surface area contributed by atoms with Crippen molar-refractivity contribution in [1.29, 1.82) is 0 Å². The van der Waals surface area contributed by atoms with E-state index in [1.807, 2.05) is 0 Å². The highest BCUT2D eigenvalue weighted by Gasteiger charge is 2.19. The summed E-state index contributed by atoms with van der Waals surface area (Å²) in [7, 11) is 0. The van der Waals surface area contributed by atoms with Gasteiger partial charge in [0, 0.05) is 32.7 Å². The van der Waals surface area contributed by atoms with Crippen LogP contribution in [0.3, 0.4) is 0 Å². The number of rotatable bonds is 3. The Kier molecular flexibility index (Phi) is 4.20. The predicted molar refractivity (Wildman–Crippen MR) is 78.0 cm³/mol. The molecule has 4 nitrogen and oxygen atoms in total. The summed E-state index contributed by atoms with van der Waals surface area (Å²) in [6.07, 6.45) is 2.68. The van der Waals surface area contributed by atoms with E-state index in [0.29, 0.717) is 6.10 Å². The van der Waals surface area contributed by atoms with Gasteiger partial charge in [-0.2, -0.15) is 0 Å². The second-order valence-corrected chi connectivity index (χ2v) is 5.29. The fourth-order valence-corrected chi connectivity index (χ4v) is 2.82. The first-order chi connectivity index (χ1) is 9.43. The highest BCUT2D eigenvalue weighted by atomic mass is 16.5. The van der Waals surface area contributed by atoms with Crippen molar-refractivity contribution in [1.82, 2.24) is 10.6 Å². The van der Waals surface area contributed by atoms with Crippen molar-refractivity contribution in [2.75, 3.05) is 44.2 Å². The van der Waals surface area contributed by atoms with Crippen LogP contribution in [0.1, 0.15) is 12.8 Å². The molecule has 0 radical (unpaired) electrons. The van der Waals surface area contributed by atoms with Crippen molar-refractivity contribution in [3.63, 3.8) is 0 Å². The van der Waals surface area contributed by atoms with Gasteiger partial charge in [0.25, 0.3) is 0 Å². The summed E-state index contributed by atoms with van der Waals surface area (Å²) >= 11 is 0. The first-order valence-electron chi connectivity index (χ1n) is 7.35. The number of piperidine rings is 1. The molecular formula is C15H23N3O. The Balaban J connectivity index is 1.72. The van der Waals surface area contributed by atoms with Crippen molar-refractivity contribution >= 4 is 5.69 Å². The minimum Gasteiger partial charge on any atom is -0.487 e. The van der Waals surface area contributed by atoms with Crippen molar-refractivity contribution in [3.8, 4) is 5.75 Å². The molecule has 0 unspecified atom stereocenters. The second kappa shape index (κ2) is 6.26. The molecule has 2 N–H and O–H groups in total. The van der Waals surface area contributed by atoms with Gasteiger partial charge in [-0.25, -0.2) is 0 Å². The molecule has 1 aromatic rings. The number of nitrogens with one attached hydrogen (secondary N) is 2. The molecule has 0 bridgehead atoms. The van der Waals surface area contributed by atoms with E-state index in [1.54, 1.807) is 0 Å². The van der Waals surface area contributed by atoms with Crippen molar-refractivity contribution < 1.29 is 4.74 Å². The maximum absolute atomic E-state index is 6.22. The Labute approximate surface area is 115 Å². The van der Waals surface area contributed by atoms with Crippen LogP contribution >= 0.6 is 0 Å². The van der Waals surface area contributed by atoms with E-state index < -0.39 is 0 Å². The van der Waals surface area contributed by atoms with Crippen LogP contribution in [-0.2, 0) is 0 Å². The van der Waals surface area contributed by atoms with Gasteiger partial charge in [0.1, 0.15) is 11.9 Å². The molecule has 19 heavy (non-hydrogen) atoms. The number of piperazine rings is 1. The summed E-state index contributed by atoms with van der Waals surface area (Å²) in [5.41, 5.74) is 1.24. The maximum atomic E-state index is 6.22. The smallest absolute Gasteiger partial charge is 0.143 e. The van der Waals surface area contributed by atoms with Gasteiger partial charge in [-0.05, 0) is 31.5 Å². The monoisotopic (exact) mass is 261 g/mol. The van der Waals surface area contributed by atoms with E-state index >= 15 is 0 Å². The lowest BCUT2D eigenvalue weighted by molar-refractivity contribution is 0.167. The molecule has 3 rings (SSSR count). The molecule has 2 aliphatic rings. The lowest BCUT2D eigenvalue weighted by Crippen LogP contribution is -2.44. The summed E-state index contributed by atoms with van der Waals surface area (Å²) in [4.78, 5) is 2.42. The lowest BCUT2D eigenvalue weighted by atomic mass is 10.1. The van der Waals surface area contributed by atoms with Crippen LogP contribution in [0.15, 0.2) is 24.3 Å². The summed E-state index contributed by atoms with van der Waals surface area (Å²) < 4.78 is 6.22. The highest BCUT2D eigenvalue weighted by molar-refractivity contribution is 5.58. The third-order valence-electron chi connectivity index (χ3n) is 3.87. The van der Waals surface area contributed by atoms with Crippen LogP contribution in [0, 0.1) is 0 Å². The third kappa shape index (κ3) is 3.19. The molecule has 2 heterocycles. The zero-order valence-electron chi connectivity index (χ0n) is 11.4. The largest absolute Gasteiger partial charge is 0.487 e. The molecule has 0 spiro atoms. The van der Waals surface area contributed by atoms with E-state index in [0.717, 1.165) is 51.4 Å². The Morgan fingerprint density at radius 2 is 1.89 bits per heavy atom. The van der Waals surface area contributed by atoms with Crippen LogP contribution in [0.5, 0.6) is 5.75 Å². The molecule has 0 saturated carbocycles. The molecule has 0 aliphatic carbocycles. The van der Waals surface area contributed by atoms with Gasteiger partial charge < -0.3 is 20.3 Å². The molecule has 1 atom stereocenters. The van der Waals surface area contributed by atoms with E-state index in [9.17, 15) is 0 Å². The third-order valence-corrected chi connectivity index (χ3v) is 3.87. The molecule has 1 aromatic carbocycles. The molecule has 2 fully saturated rings. The maximum Gasteiger partial charge on any atom is 0.143 e. The molecule has 4 heteroatoms. The van der Waals surface area contributed by atoms with Gasteiger partial charge in [-0.15, -0.1) is 0 Å². The first-order valence-corrected chi connectivity index (χ1v) is 7.35. The standard InChI is InChI=1S/C15H23N3O/c1-2-6-15(19-13-4-3-7-17-12-13)14(5-1)18-10-8-16-9-11-18/h1-2,5-6,13,16-17H,3-4,7-12H2/t13-/m0/s1. The van der Waals surface area contributed by atoms with Crippen LogP contribution in [0.4, 0.5) is 5.69 Å². The summed E-state index contributed by atoms with van der Waals surface area (Å²) in [6.45, 7) is 6.32. The van der Waals surface area contributed by atoms with Gasteiger partial charge in [0.05, 0.1) is 5.69 Å². The molecular weight excluding hydrogens is 238 g/mol. The lowest BCUT2D eigenvalue weighted by Gasteiger charge is -2.32. The van der Waals surface area contributed by atoms with Gasteiger partial charge in [0.15, 0.2) is 0 Å². The van der Waals surface area contributed by atoms with Crippen molar-refractivity contribution in [2.45, 2.75) is 18.9 Å². The second-order valence-electron chi connectivity index (χ2n) is 5.29. The number of hydrogen-bond acceptors (Lipinski definition) is 4. The molecule has 2 aliphatic heterocycles. The van der Waals surface area contributed by atoms with E-state index in [2.05, 4.69) is 39.8 Å². The fraction of sp³-hybridized carbons (Fsp3) is 0.600. The van der Waals surface area contributed by atoms with Crippen molar-refractivity contribution in [3.05, 3.63) is 24.3 Å². The number of ether oxygens (including phenoxy) is 1. The van der Waals surface area contributed by atoms with Gasteiger partial charge >= 0.3 is 0 Å². The summed E-state index contributed by atoms with van der Waals surface area (Å²) in [5, 5.41) is 6.80. The number of nitrogens with zero attached hydrogens (tertiary/aromatic N) is 1. The van der Waals surface area contributed by atoms with Crippen molar-refractivity contribution in [2.24, 2.45) is 0 Å². The Morgan fingerprint density at radius 1 is 1.05 bits per heavy atom. The zero-order valence-corrected chi connectivity index (χ0v) is 11.4. The Morgan fingerprint density at radius 3 is 2.68 bits per heavy atom. The minimum atomic E-state index is 0.317. The molecule has 2 saturated heterocycles. The van der Waals surface area contributed by atoms with Gasteiger partial charge in [-0.1, -0.05) is 12.1 Å². The molecule has 104 valence electrons. The fourth-order valence-electron chi connectivity index (χ4n) is 2.82. The van der Waals surface area contributed by atoms with Crippen LogP contribution in [0.2, 0.25) is 0 Å². The van der Waals surface area contributed by atoms with Crippen LogP contribution in [0.25, 0.3) is 0 Å². The Hall–Kier alpha value is -1.26. The molecule has 0 aromatic heterocycles. The number of hydrogen-bond donors (Lipinski definition) is 2. The molecule has 0 amide bonds. The summed E-state index contributed by atoms with van der Waals surface area (Å²) in [5.74, 6) is 1.04. The van der Waals surface area contributed by atoms with Gasteiger partial charge in [0.2, 0.25) is 0 Å². The SMILES string of the molecule is c1ccc(N2CCNCC2)c(O[C@H]2CCCNC2)c1. The minimum absolute atomic E-state index is 0.317. The number of para-hydroxylation sites is 2. The van der Waals surface area contributed by atoms with Crippen LogP contribution in [-0.4, -0.2) is 45.4 Å². The summed E-state index contributed by atoms with van der Waals surface area (Å²) in [6, 6.07) is 8.45. The number of benzene rings is 1. The Bertz CT molecular complexity index is 398. The average molecular weight is 261 g/mol. The quantitative estimate of drug-likeness (QED) is 0.858. The number of anilines is 1. The predicted octanol–water partition coefficient (Wildman–Crippen LogP) is 1.23. The van der Waals surface area contributed by atoms with E-state index in [-0.39, 0.29) is 0 Å².